The van der Waals surface area contributed by atoms with Crippen LogP contribution in [0.3, 0.4) is 0 Å². The number of rotatable bonds is 2. The summed E-state index contributed by atoms with van der Waals surface area (Å²) in [5.41, 5.74) is 2.24. The predicted molar refractivity (Wildman–Crippen MR) is 107 cm³/mol. The van der Waals surface area contributed by atoms with Crippen LogP contribution < -0.4 is 4.90 Å². The summed E-state index contributed by atoms with van der Waals surface area (Å²) in [5, 5.41) is 8.48. The van der Waals surface area contributed by atoms with Gasteiger partial charge >= 0.3 is 0 Å². The molecule has 0 amide bonds. The molecule has 1 aromatic carbocycles. The molecule has 3 heterocycles. The highest BCUT2D eigenvalue weighted by molar-refractivity contribution is 5.91. The average molecular weight is 374 g/mol. The van der Waals surface area contributed by atoms with Crippen LogP contribution in [-0.4, -0.2) is 31.6 Å². The van der Waals surface area contributed by atoms with Gasteiger partial charge in [0, 0.05) is 23.7 Å². The second-order valence-electron chi connectivity index (χ2n) is 7.57. The third-order valence-corrected chi connectivity index (χ3v) is 4.17. The van der Waals surface area contributed by atoms with Crippen molar-refractivity contribution in [3.05, 3.63) is 54.2 Å². The number of halogens is 1. The van der Waals surface area contributed by atoms with Crippen molar-refractivity contribution >= 4 is 28.3 Å². The molecule has 0 spiro atoms. The summed E-state index contributed by atoms with van der Waals surface area (Å²) >= 11 is 0. The zero-order valence-corrected chi connectivity index (χ0v) is 16.1. The van der Waals surface area contributed by atoms with Crippen LogP contribution in [0.15, 0.2) is 42.9 Å². The Kier molecular flexibility index (Phi) is 4.19. The van der Waals surface area contributed by atoms with E-state index in [4.69, 9.17) is 0 Å². The summed E-state index contributed by atoms with van der Waals surface area (Å²) < 4.78 is 15.6. The average Bonchev–Trinajstić information content (AvgIpc) is 3.13. The molecule has 7 heteroatoms. The number of fused-ring (bicyclic) bond motifs is 3. The number of pyridine rings is 1. The van der Waals surface area contributed by atoms with Gasteiger partial charge in [-0.15, -0.1) is 10.2 Å². The molecule has 4 rings (SSSR count). The van der Waals surface area contributed by atoms with Gasteiger partial charge in [-0.05, 0) is 45.0 Å². The van der Waals surface area contributed by atoms with E-state index in [2.05, 4.69) is 52.8 Å². The van der Waals surface area contributed by atoms with Crippen molar-refractivity contribution in [3.8, 4) is 11.8 Å². The number of benzene rings is 1. The quantitative estimate of drug-likeness (QED) is 0.497. The van der Waals surface area contributed by atoms with Gasteiger partial charge in [-0.2, -0.15) is 4.98 Å². The molecule has 0 radical (unpaired) electrons. The molecule has 0 saturated heterocycles. The minimum atomic E-state index is -0.429. The van der Waals surface area contributed by atoms with Crippen molar-refractivity contribution in [2.75, 3.05) is 11.9 Å². The fourth-order valence-electron chi connectivity index (χ4n) is 2.83. The van der Waals surface area contributed by atoms with Crippen molar-refractivity contribution < 1.29 is 4.39 Å². The summed E-state index contributed by atoms with van der Waals surface area (Å²) in [5.74, 6) is 6.96. The first-order valence-corrected chi connectivity index (χ1v) is 8.84. The Bertz CT molecular complexity index is 1240. The molecule has 0 atom stereocenters. The first-order chi connectivity index (χ1) is 13.3. The number of hydrogen-bond acceptors (Lipinski definition) is 5. The standard InChI is InChI=1S/C21H19FN6/c1-21(2,3)9-8-14-6-5-7-16(10-14)27(4)19-17-11-15(22)12-23-18(17)28-13-24-26-20(28)25-19/h5-7,10-13H,1-4H3. The van der Waals surface area contributed by atoms with Crippen LogP contribution in [0.4, 0.5) is 15.9 Å². The summed E-state index contributed by atoms with van der Waals surface area (Å²) in [6, 6.07) is 9.26. The molecule has 0 aliphatic heterocycles. The highest BCUT2D eigenvalue weighted by Crippen LogP contribution is 2.30. The molecule has 0 aliphatic carbocycles. The predicted octanol–water partition coefficient (Wildman–Crippen LogP) is 3.98. The zero-order valence-electron chi connectivity index (χ0n) is 16.1. The van der Waals surface area contributed by atoms with Gasteiger partial charge in [0.15, 0.2) is 5.65 Å². The second kappa shape index (κ2) is 6.57. The number of hydrogen-bond donors (Lipinski definition) is 0. The van der Waals surface area contributed by atoms with Gasteiger partial charge in [-0.3, -0.25) is 0 Å². The van der Waals surface area contributed by atoms with E-state index < -0.39 is 5.82 Å². The van der Waals surface area contributed by atoms with E-state index in [1.807, 2.05) is 36.2 Å². The molecule has 3 aromatic heterocycles. The van der Waals surface area contributed by atoms with E-state index in [1.54, 1.807) is 4.40 Å². The number of nitrogens with zero attached hydrogens (tertiary/aromatic N) is 6. The lowest BCUT2D eigenvalue weighted by molar-refractivity contribution is 0.571. The normalized spacial score (nSPS) is 11.5. The number of aromatic nitrogens is 5. The molecule has 140 valence electrons. The van der Waals surface area contributed by atoms with Crippen LogP contribution in [0.25, 0.3) is 16.8 Å². The van der Waals surface area contributed by atoms with Crippen molar-refractivity contribution in [1.82, 2.24) is 24.6 Å². The monoisotopic (exact) mass is 374 g/mol. The molecule has 0 N–H and O–H groups in total. The highest BCUT2D eigenvalue weighted by Gasteiger charge is 2.16. The Morgan fingerprint density at radius 2 is 2.00 bits per heavy atom. The number of anilines is 2. The van der Waals surface area contributed by atoms with Gasteiger partial charge < -0.3 is 4.90 Å². The van der Waals surface area contributed by atoms with E-state index in [-0.39, 0.29) is 5.41 Å². The smallest absolute Gasteiger partial charge is 0.258 e. The minimum Gasteiger partial charge on any atom is -0.329 e. The topological polar surface area (TPSA) is 59.2 Å². The van der Waals surface area contributed by atoms with Crippen LogP contribution in [-0.2, 0) is 0 Å². The molecule has 0 aliphatic rings. The largest absolute Gasteiger partial charge is 0.329 e. The molecule has 28 heavy (non-hydrogen) atoms. The Labute approximate surface area is 162 Å². The van der Waals surface area contributed by atoms with Gasteiger partial charge in [0.25, 0.3) is 5.78 Å². The molecular weight excluding hydrogens is 355 g/mol. The summed E-state index contributed by atoms with van der Waals surface area (Å²) in [7, 11) is 1.87. The zero-order chi connectivity index (χ0) is 19.9. The Morgan fingerprint density at radius 1 is 1.18 bits per heavy atom. The van der Waals surface area contributed by atoms with Crippen LogP contribution in [0.5, 0.6) is 0 Å². The maximum atomic E-state index is 13.9. The Morgan fingerprint density at radius 3 is 2.79 bits per heavy atom. The highest BCUT2D eigenvalue weighted by atomic mass is 19.1. The van der Waals surface area contributed by atoms with Crippen LogP contribution in [0, 0.1) is 23.1 Å². The lowest BCUT2D eigenvalue weighted by Gasteiger charge is -2.20. The molecule has 0 fully saturated rings. The van der Waals surface area contributed by atoms with Crippen LogP contribution in [0.2, 0.25) is 0 Å². The minimum absolute atomic E-state index is 0.0818. The lowest BCUT2D eigenvalue weighted by atomic mass is 9.97. The fourth-order valence-corrected chi connectivity index (χ4v) is 2.83. The van der Waals surface area contributed by atoms with E-state index in [9.17, 15) is 4.39 Å². The summed E-state index contributed by atoms with van der Waals surface area (Å²) in [6.07, 6.45) is 2.69. The summed E-state index contributed by atoms with van der Waals surface area (Å²) in [4.78, 5) is 10.7. The van der Waals surface area contributed by atoms with Crippen molar-refractivity contribution in [1.29, 1.82) is 0 Å². The van der Waals surface area contributed by atoms with Crippen molar-refractivity contribution in [2.24, 2.45) is 5.41 Å². The van der Waals surface area contributed by atoms with Gasteiger partial charge in [-0.1, -0.05) is 17.9 Å². The molecular formula is C21H19FN6. The fraction of sp³-hybridized carbons (Fsp3) is 0.238. The second-order valence-corrected chi connectivity index (χ2v) is 7.57. The van der Waals surface area contributed by atoms with Crippen molar-refractivity contribution in [2.45, 2.75) is 20.8 Å². The molecule has 0 bridgehead atoms. The van der Waals surface area contributed by atoms with E-state index in [0.717, 1.165) is 11.3 Å². The van der Waals surface area contributed by atoms with Crippen LogP contribution in [0.1, 0.15) is 26.3 Å². The third-order valence-electron chi connectivity index (χ3n) is 4.17. The van der Waals surface area contributed by atoms with Gasteiger partial charge in [-0.25, -0.2) is 13.8 Å². The molecule has 0 saturated carbocycles. The van der Waals surface area contributed by atoms with Gasteiger partial charge in [0.1, 0.15) is 18.0 Å². The van der Waals surface area contributed by atoms with E-state index >= 15 is 0 Å². The Hall–Kier alpha value is -3.53. The van der Waals surface area contributed by atoms with Gasteiger partial charge in [0.2, 0.25) is 0 Å². The van der Waals surface area contributed by atoms with Gasteiger partial charge in [0.05, 0.1) is 11.6 Å². The molecule has 4 aromatic rings. The van der Waals surface area contributed by atoms with Crippen molar-refractivity contribution in [3.63, 3.8) is 0 Å². The first-order valence-electron chi connectivity index (χ1n) is 8.84. The maximum absolute atomic E-state index is 13.9. The van der Waals surface area contributed by atoms with E-state index in [0.29, 0.717) is 22.6 Å². The molecule has 0 unspecified atom stereocenters. The summed E-state index contributed by atoms with van der Waals surface area (Å²) in [6.45, 7) is 6.21. The SMILES string of the molecule is CN(c1cccc(C#CC(C)(C)C)c1)c1nc2nncn2c2ncc(F)cc12. The third kappa shape index (κ3) is 3.37. The molecule has 6 nitrogen and oxygen atoms in total. The first kappa shape index (κ1) is 17.9. The maximum Gasteiger partial charge on any atom is 0.258 e. The lowest BCUT2D eigenvalue weighted by Crippen LogP contribution is -2.13. The van der Waals surface area contributed by atoms with E-state index in [1.165, 1.54) is 18.6 Å². The Balaban J connectivity index is 1.85. The van der Waals surface area contributed by atoms with Crippen LogP contribution >= 0.6 is 0 Å².